The fourth-order valence-electron chi connectivity index (χ4n) is 2.64. The standard InChI is InChI=1S/C18H20N4O4/c1-3-18(2)16(24)21(17(25)20-18)11-15(23)26-12-13-5-7-14(8-6-13)22-10-4-9-19-22/h4-10H,3,11-12H2,1-2H3,(H,20,25). The van der Waals surface area contributed by atoms with Crippen molar-refractivity contribution in [3.8, 4) is 5.69 Å². The van der Waals surface area contributed by atoms with Crippen LogP contribution in [-0.4, -0.2) is 44.7 Å². The van der Waals surface area contributed by atoms with Crippen molar-refractivity contribution in [3.63, 3.8) is 0 Å². The summed E-state index contributed by atoms with van der Waals surface area (Å²) in [6.45, 7) is 3.10. The third-order valence-corrected chi connectivity index (χ3v) is 4.44. The van der Waals surface area contributed by atoms with Crippen molar-refractivity contribution in [2.24, 2.45) is 0 Å². The molecule has 0 bridgehead atoms. The molecule has 8 heteroatoms. The van der Waals surface area contributed by atoms with Gasteiger partial charge in [0.25, 0.3) is 5.91 Å². The Morgan fingerprint density at radius 1 is 1.27 bits per heavy atom. The summed E-state index contributed by atoms with van der Waals surface area (Å²) in [7, 11) is 0. The summed E-state index contributed by atoms with van der Waals surface area (Å²) >= 11 is 0. The molecule has 2 heterocycles. The molecule has 0 saturated carbocycles. The van der Waals surface area contributed by atoms with Crippen molar-refractivity contribution in [2.75, 3.05) is 6.54 Å². The first-order valence-electron chi connectivity index (χ1n) is 8.31. The maximum absolute atomic E-state index is 12.3. The highest BCUT2D eigenvalue weighted by atomic mass is 16.5. The summed E-state index contributed by atoms with van der Waals surface area (Å²) in [4.78, 5) is 37.1. The summed E-state index contributed by atoms with van der Waals surface area (Å²) in [6, 6.07) is 8.63. The Bertz CT molecular complexity index is 816. The molecule has 1 unspecified atom stereocenters. The number of carbonyl (C=O) groups is 3. The SMILES string of the molecule is CCC1(C)NC(=O)N(CC(=O)OCc2ccc(-n3cccn3)cc2)C1=O. The number of aromatic nitrogens is 2. The van der Waals surface area contributed by atoms with Gasteiger partial charge < -0.3 is 10.1 Å². The number of esters is 1. The summed E-state index contributed by atoms with van der Waals surface area (Å²) in [5.41, 5.74) is 0.729. The normalized spacial score (nSPS) is 19.5. The highest BCUT2D eigenvalue weighted by Crippen LogP contribution is 2.20. The minimum absolute atomic E-state index is 0.0624. The van der Waals surface area contributed by atoms with Gasteiger partial charge in [-0.15, -0.1) is 0 Å². The number of urea groups is 1. The van der Waals surface area contributed by atoms with Gasteiger partial charge >= 0.3 is 12.0 Å². The fraction of sp³-hybridized carbons (Fsp3) is 0.333. The van der Waals surface area contributed by atoms with E-state index in [1.54, 1.807) is 24.7 Å². The lowest BCUT2D eigenvalue weighted by molar-refractivity contribution is -0.148. The Hall–Kier alpha value is -3.16. The fourth-order valence-corrected chi connectivity index (χ4v) is 2.64. The number of rotatable bonds is 6. The molecule has 1 fully saturated rings. The molecular weight excluding hydrogens is 336 g/mol. The summed E-state index contributed by atoms with van der Waals surface area (Å²) in [5, 5.41) is 6.74. The number of nitrogens with zero attached hydrogens (tertiary/aromatic N) is 3. The molecular formula is C18H20N4O4. The number of carbonyl (C=O) groups excluding carboxylic acids is 3. The highest BCUT2D eigenvalue weighted by Gasteiger charge is 2.47. The van der Waals surface area contributed by atoms with Gasteiger partial charge in [0.15, 0.2) is 0 Å². The van der Waals surface area contributed by atoms with Crippen molar-refractivity contribution in [2.45, 2.75) is 32.4 Å². The van der Waals surface area contributed by atoms with Crippen LogP contribution in [0, 0.1) is 0 Å². The summed E-state index contributed by atoms with van der Waals surface area (Å²) in [6.07, 6.45) is 3.97. The van der Waals surface area contributed by atoms with Gasteiger partial charge in [-0.1, -0.05) is 19.1 Å². The maximum Gasteiger partial charge on any atom is 0.326 e. The quantitative estimate of drug-likeness (QED) is 0.627. The first-order chi connectivity index (χ1) is 12.4. The predicted molar refractivity (Wildman–Crippen MR) is 92.3 cm³/mol. The first-order valence-corrected chi connectivity index (χ1v) is 8.31. The third-order valence-electron chi connectivity index (χ3n) is 4.44. The molecule has 3 rings (SSSR count). The average Bonchev–Trinajstić information content (AvgIpc) is 3.24. The van der Waals surface area contributed by atoms with E-state index >= 15 is 0 Å². The molecule has 1 aliphatic rings. The van der Waals surface area contributed by atoms with E-state index in [4.69, 9.17) is 4.74 Å². The lowest BCUT2D eigenvalue weighted by atomic mass is 9.99. The lowest BCUT2D eigenvalue weighted by Gasteiger charge is -2.18. The van der Waals surface area contributed by atoms with Crippen molar-refractivity contribution < 1.29 is 19.1 Å². The van der Waals surface area contributed by atoms with Crippen LogP contribution in [0.4, 0.5) is 4.79 Å². The van der Waals surface area contributed by atoms with Crippen molar-refractivity contribution in [3.05, 3.63) is 48.3 Å². The number of imide groups is 1. The molecule has 0 spiro atoms. The van der Waals surface area contributed by atoms with Crippen molar-refractivity contribution >= 4 is 17.9 Å². The van der Waals surface area contributed by atoms with E-state index in [9.17, 15) is 14.4 Å². The molecule has 26 heavy (non-hydrogen) atoms. The zero-order valence-electron chi connectivity index (χ0n) is 14.6. The molecule has 1 aromatic heterocycles. The van der Waals surface area contributed by atoms with E-state index < -0.39 is 30.0 Å². The first kappa shape index (κ1) is 17.7. The van der Waals surface area contributed by atoms with Crippen LogP contribution in [0.15, 0.2) is 42.7 Å². The summed E-state index contributed by atoms with van der Waals surface area (Å²) < 4.78 is 6.90. The average molecular weight is 356 g/mol. The van der Waals surface area contributed by atoms with Gasteiger partial charge in [-0.2, -0.15) is 5.10 Å². The van der Waals surface area contributed by atoms with E-state index in [0.717, 1.165) is 16.2 Å². The van der Waals surface area contributed by atoms with Crippen LogP contribution in [0.3, 0.4) is 0 Å². The predicted octanol–water partition coefficient (Wildman–Crippen LogP) is 1.64. The van der Waals surface area contributed by atoms with Gasteiger partial charge in [0, 0.05) is 12.4 Å². The molecule has 136 valence electrons. The molecule has 0 radical (unpaired) electrons. The number of benzene rings is 1. The maximum atomic E-state index is 12.3. The second-order valence-corrected chi connectivity index (χ2v) is 6.28. The van der Waals surface area contributed by atoms with Crippen LogP contribution in [0.1, 0.15) is 25.8 Å². The van der Waals surface area contributed by atoms with E-state index in [1.165, 1.54) is 0 Å². The second kappa shape index (κ2) is 6.99. The van der Waals surface area contributed by atoms with Crippen LogP contribution in [0.2, 0.25) is 0 Å². The van der Waals surface area contributed by atoms with Crippen LogP contribution in [0.5, 0.6) is 0 Å². The minimum Gasteiger partial charge on any atom is -0.459 e. The van der Waals surface area contributed by atoms with Gasteiger partial charge in [-0.25, -0.2) is 9.48 Å². The molecule has 1 aliphatic heterocycles. The second-order valence-electron chi connectivity index (χ2n) is 6.28. The minimum atomic E-state index is -0.959. The van der Waals surface area contributed by atoms with E-state index in [0.29, 0.717) is 6.42 Å². The van der Waals surface area contributed by atoms with E-state index in [1.807, 2.05) is 36.5 Å². The largest absolute Gasteiger partial charge is 0.459 e. The van der Waals surface area contributed by atoms with Crippen LogP contribution < -0.4 is 5.32 Å². The van der Waals surface area contributed by atoms with E-state index in [2.05, 4.69) is 10.4 Å². The molecule has 2 aromatic rings. The smallest absolute Gasteiger partial charge is 0.326 e. The van der Waals surface area contributed by atoms with Gasteiger partial charge in [-0.3, -0.25) is 14.5 Å². The van der Waals surface area contributed by atoms with Gasteiger partial charge in [0.1, 0.15) is 18.7 Å². The summed E-state index contributed by atoms with van der Waals surface area (Å²) in [5.74, 6) is -1.05. The number of ether oxygens (including phenoxy) is 1. The monoisotopic (exact) mass is 356 g/mol. The van der Waals surface area contributed by atoms with Crippen molar-refractivity contribution in [1.29, 1.82) is 0 Å². The third kappa shape index (κ3) is 3.44. The van der Waals surface area contributed by atoms with Gasteiger partial charge in [0.05, 0.1) is 5.69 Å². The Kier molecular flexibility index (Phi) is 4.75. The molecule has 3 amide bonds. The molecule has 8 nitrogen and oxygen atoms in total. The van der Waals surface area contributed by atoms with Crippen LogP contribution in [-0.2, 0) is 20.9 Å². The lowest BCUT2D eigenvalue weighted by Crippen LogP contribution is -2.43. The number of amides is 3. The number of hydrogen-bond donors (Lipinski definition) is 1. The Labute approximate surface area is 150 Å². The van der Waals surface area contributed by atoms with Crippen molar-refractivity contribution in [1.82, 2.24) is 20.0 Å². The Morgan fingerprint density at radius 2 is 2.00 bits per heavy atom. The molecule has 1 atom stereocenters. The molecule has 1 aromatic carbocycles. The number of nitrogens with one attached hydrogen (secondary N) is 1. The van der Waals surface area contributed by atoms with Gasteiger partial charge in [0.2, 0.25) is 0 Å². The number of hydrogen-bond acceptors (Lipinski definition) is 5. The van der Waals surface area contributed by atoms with Crippen LogP contribution in [0.25, 0.3) is 5.69 Å². The zero-order valence-corrected chi connectivity index (χ0v) is 14.6. The van der Waals surface area contributed by atoms with Crippen LogP contribution >= 0.6 is 0 Å². The highest BCUT2D eigenvalue weighted by molar-refractivity contribution is 6.08. The Morgan fingerprint density at radius 3 is 2.58 bits per heavy atom. The van der Waals surface area contributed by atoms with Gasteiger partial charge in [-0.05, 0) is 37.1 Å². The Balaban J connectivity index is 1.54. The molecule has 1 N–H and O–H groups in total. The zero-order chi connectivity index (χ0) is 18.7. The van der Waals surface area contributed by atoms with E-state index in [-0.39, 0.29) is 6.61 Å². The molecule has 0 aliphatic carbocycles. The molecule has 1 saturated heterocycles. The topological polar surface area (TPSA) is 93.5 Å².